The van der Waals surface area contributed by atoms with Gasteiger partial charge >= 0.3 is 0 Å². The number of aromatic amines is 1. The van der Waals surface area contributed by atoms with Crippen molar-refractivity contribution in [3.63, 3.8) is 0 Å². The van der Waals surface area contributed by atoms with E-state index in [2.05, 4.69) is 41.3 Å². The van der Waals surface area contributed by atoms with Crippen LogP contribution in [0.1, 0.15) is 63.1 Å². The van der Waals surface area contributed by atoms with Gasteiger partial charge in [-0.2, -0.15) is 5.10 Å². The van der Waals surface area contributed by atoms with Crippen molar-refractivity contribution >= 4 is 0 Å². The van der Waals surface area contributed by atoms with Crippen LogP contribution in [-0.4, -0.2) is 54.5 Å². The van der Waals surface area contributed by atoms with Gasteiger partial charge in [0, 0.05) is 48.8 Å². The van der Waals surface area contributed by atoms with Gasteiger partial charge in [-0.15, -0.1) is 0 Å². The summed E-state index contributed by atoms with van der Waals surface area (Å²) in [6.07, 6.45) is 8.31. The van der Waals surface area contributed by atoms with Gasteiger partial charge in [-0.1, -0.05) is 0 Å². The highest BCUT2D eigenvalue weighted by Crippen LogP contribution is 2.55. The van der Waals surface area contributed by atoms with Crippen LogP contribution in [0.25, 0.3) is 0 Å². The first-order chi connectivity index (χ1) is 11.5. The summed E-state index contributed by atoms with van der Waals surface area (Å²) in [7, 11) is 4.19. The van der Waals surface area contributed by atoms with Crippen molar-refractivity contribution in [3.8, 4) is 0 Å². The number of likely N-dealkylation sites (N-methyl/N-ethyl adjacent to an activating group) is 2. The Hall–Kier alpha value is -0.910. The number of aromatic nitrogens is 2. The summed E-state index contributed by atoms with van der Waals surface area (Å²) in [5.74, 6) is 0.627. The van der Waals surface area contributed by atoms with E-state index in [0.29, 0.717) is 11.3 Å². The number of nitrogens with zero attached hydrogens (tertiary/aromatic N) is 2. The van der Waals surface area contributed by atoms with Crippen molar-refractivity contribution in [1.82, 2.24) is 20.4 Å². The van der Waals surface area contributed by atoms with Crippen molar-refractivity contribution in [3.05, 3.63) is 17.5 Å². The highest BCUT2D eigenvalue weighted by Gasteiger charge is 2.51. The molecule has 1 saturated carbocycles. The SMILES string of the molecule is CNCCN(C)Cc1cn[nH]c1C1CCC2(CCOC2(C)C)CC1. The molecule has 0 unspecified atom stereocenters. The molecule has 0 aromatic carbocycles. The first-order valence-corrected chi connectivity index (χ1v) is 9.47. The van der Waals surface area contributed by atoms with Gasteiger partial charge in [-0.25, -0.2) is 0 Å². The topological polar surface area (TPSA) is 53.2 Å². The number of hydrogen-bond donors (Lipinski definition) is 2. The van der Waals surface area contributed by atoms with Gasteiger partial charge in [0.1, 0.15) is 0 Å². The molecule has 5 nitrogen and oxygen atoms in total. The predicted octanol–water partition coefficient (Wildman–Crippen LogP) is 2.90. The van der Waals surface area contributed by atoms with E-state index in [1.54, 1.807) is 0 Å². The molecule has 136 valence electrons. The fourth-order valence-corrected chi connectivity index (χ4v) is 4.74. The Bertz CT molecular complexity index is 531. The minimum Gasteiger partial charge on any atom is -0.375 e. The van der Waals surface area contributed by atoms with Crippen LogP contribution < -0.4 is 5.32 Å². The van der Waals surface area contributed by atoms with Crippen molar-refractivity contribution < 1.29 is 4.74 Å². The summed E-state index contributed by atoms with van der Waals surface area (Å²) in [5.41, 5.74) is 3.18. The molecule has 1 aromatic heterocycles. The van der Waals surface area contributed by atoms with Crippen LogP contribution >= 0.6 is 0 Å². The van der Waals surface area contributed by atoms with Crippen LogP contribution in [0.5, 0.6) is 0 Å². The highest BCUT2D eigenvalue weighted by atomic mass is 16.5. The number of nitrogens with one attached hydrogen (secondary N) is 2. The fourth-order valence-electron chi connectivity index (χ4n) is 4.74. The average molecular weight is 335 g/mol. The largest absolute Gasteiger partial charge is 0.375 e. The molecule has 0 radical (unpaired) electrons. The number of ether oxygens (including phenoxy) is 1. The second-order valence-corrected chi connectivity index (χ2v) is 8.31. The van der Waals surface area contributed by atoms with Gasteiger partial charge in [-0.3, -0.25) is 5.10 Å². The summed E-state index contributed by atoms with van der Waals surface area (Å²) in [6, 6.07) is 0. The smallest absolute Gasteiger partial charge is 0.0683 e. The van der Waals surface area contributed by atoms with Gasteiger partial charge < -0.3 is 15.0 Å². The zero-order valence-electron chi connectivity index (χ0n) is 15.8. The number of rotatable bonds is 6. The second-order valence-electron chi connectivity index (χ2n) is 8.31. The lowest BCUT2D eigenvalue weighted by Crippen LogP contribution is -2.42. The van der Waals surface area contributed by atoms with Crippen molar-refractivity contribution in [2.24, 2.45) is 5.41 Å². The normalized spacial score (nSPS) is 29.6. The average Bonchev–Trinajstić information content (AvgIpc) is 3.11. The number of H-pyrrole nitrogens is 1. The maximum absolute atomic E-state index is 6.04. The Kier molecular flexibility index (Phi) is 5.33. The lowest BCUT2D eigenvalue weighted by Gasteiger charge is -2.45. The maximum Gasteiger partial charge on any atom is 0.0683 e. The zero-order valence-corrected chi connectivity index (χ0v) is 15.8. The molecule has 0 atom stereocenters. The van der Waals surface area contributed by atoms with E-state index >= 15 is 0 Å². The van der Waals surface area contributed by atoms with Crippen LogP contribution in [-0.2, 0) is 11.3 Å². The molecule has 5 heteroatoms. The van der Waals surface area contributed by atoms with E-state index in [0.717, 1.165) is 26.2 Å². The molecule has 1 aromatic rings. The van der Waals surface area contributed by atoms with Crippen LogP contribution in [0.4, 0.5) is 0 Å². The summed E-state index contributed by atoms with van der Waals surface area (Å²) in [6.45, 7) is 8.56. The monoisotopic (exact) mass is 334 g/mol. The van der Waals surface area contributed by atoms with E-state index in [-0.39, 0.29) is 5.60 Å². The third kappa shape index (κ3) is 3.39. The summed E-state index contributed by atoms with van der Waals surface area (Å²) in [5, 5.41) is 10.9. The van der Waals surface area contributed by atoms with Crippen molar-refractivity contribution in [1.29, 1.82) is 0 Å². The summed E-state index contributed by atoms with van der Waals surface area (Å²) >= 11 is 0. The molecule has 1 spiro atoms. The molecule has 24 heavy (non-hydrogen) atoms. The molecule has 2 fully saturated rings. The van der Waals surface area contributed by atoms with Gasteiger partial charge in [0.25, 0.3) is 0 Å². The van der Waals surface area contributed by atoms with Crippen LogP contribution in [0.3, 0.4) is 0 Å². The van der Waals surface area contributed by atoms with Gasteiger partial charge in [0.15, 0.2) is 0 Å². The van der Waals surface area contributed by atoms with Crippen LogP contribution in [0, 0.1) is 5.41 Å². The zero-order chi connectivity index (χ0) is 17.2. The molecule has 2 heterocycles. The molecular weight excluding hydrogens is 300 g/mol. The van der Waals surface area contributed by atoms with E-state index in [4.69, 9.17) is 4.74 Å². The quantitative estimate of drug-likeness (QED) is 0.840. The Morgan fingerprint density at radius 2 is 2.08 bits per heavy atom. The summed E-state index contributed by atoms with van der Waals surface area (Å²) in [4.78, 5) is 2.36. The lowest BCUT2D eigenvalue weighted by atomic mass is 9.61. The second kappa shape index (κ2) is 7.14. The van der Waals surface area contributed by atoms with Crippen LogP contribution in [0.2, 0.25) is 0 Å². The van der Waals surface area contributed by atoms with E-state index in [9.17, 15) is 0 Å². The molecule has 1 saturated heterocycles. The van der Waals surface area contributed by atoms with Gasteiger partial charge in [0.2, 0.25) is 0 Å². The minimum absolute atomic E-state index is 0.0438. The molecule has 1 aliphatic heterocycles. The van der Waals surface area contributed by atoms with E-state index in [1.807, 2.05) is 13.2 Å². The molecule has 2 aliphatic rings. The number of hydrogen-bond acceptors (Lipinski definition) is 4. The maximum atomic E-state index is 6.04. The first-order valence-electron chi connectivity index (χ1n) is 9.47. The van der Waals surface area contributed by atoms with Gasteiger partial charge in [-0.05, 0) is 60.0 Å². The van der Waals surface area contributed by atoms with Crippen molar-refractivity contribution in [2.45, 2.75) is 64.0 Å². The molecule has 0 bridgehead atoms. The lowest BCUT2D eigenvalue weighted by molar-refractivity contribution is -0.0510. The highest BCUT2D eigenvalue weighted by molar-refractivity contribution is 5.22. The van der Waals surface area contributed by atoms with E-state index in [1.165, 1.54) is 43.4 Å². The molecule has 2 N–H and O–H groups in total. The molecule has 0 amide bonds. The Morgan fingerprint density at radius 3 is 2.71 bits per heavy atom. The fraction of sp³-hybridized carbons (Fsp3) is 0.842. The molecular formula is C19H34N4O. The standard InChI is InChI=1S/C19H34N4O/c1-18(2)19(9-12-24-18)7-5-15(6-8-19)17-16(13-21-22-17)14-23(4)11-10-20-3/h13,15,20H,5-12,14H2,1-4H3,(H,21,22). The first kappa shape index (κ1) is 17.9. The Morgan fingerprint density at radius 1 is 1.33 bits per heavy atom. The third-order valence-electron chi connectivity index (χ3n) is 6.61. The summed E-state index contributed by atoms with van der Waals surface area (Å²) < 4.78 is 6.04. The third-order valence-corrected chi connectivity index (χ3v) is 6.61. The predicted molar refractivity (Wildman–Crippen MR) is 97.1 cm³/mol. The molecule has 1 aliphatic carbocycles. The van der Waals surface area contributed by atoms with Gasteiger partial charge in [0.05, 0.1) is 11.8 Å². The Labute approximate surface area is 146 Å². The minimum atomic E-state index is 0.0438. The van der Waals surface area contributed by atoms with E-state index < -0.39 is 0 Å². The van der Waals surface area contributed by atoms with Crippen molar-refractivity contribution in [2.75, 3.05) is 33.8 Å². The van der Waals surface area contributed by atoms with Crippen LogP contribution in [0.15, 0.2) is 6.20 Å². The Balaban J connectivity index is 1.62. The molecule has 3 rings (SSSR count).